The van der Waals surface area contributed by atoms with Crippen LogP contribution in [0.5, 0.6) is 0 Å². The zero-order valence-electron chi connectivity index (χ0n) is 14.6. The van der Waals surface area contributed by atoms with Crippen LogP contribution in [0.4, 0.5) is 5.95 Å². The molecule has 1 heterocycles. The summed E-state index contributed by atoms with van der Waals surface area (Å²) >= 11 is 1.48. The number of aromatic nitrogens is 2. The summed E-state index contributed by atoms with van der Waals surface area (Å²) in [5, 5.41) is 0.531. The van der Waals surface area contributed by atoms with Gasteiger partial charge in [-0.3, -0.25) is 8.93 Å². The Bertz CT molecular complexity index is 855. The van der Waals surface area contributed by atoms with E-state index in [0.29, 0.717) is 11.0 Å². The standard InChI is InChI=1S/C19H21N3OS2/c1-13-8-7-9-14(2)18(13)16-12-17(25(3)23)21-19(20-16)22-24-15-10-5-4-6-11-15/h5,7-12H,4,6H2,1-3H3,(H,20,21,22). The van der Waals surface area contributed by atoms with Crippen LogP contribution in [-0.2, 0) is 10.8 Å². The van der Waals surface area contributed by atoms with Crippen molar-refractivity contribution in [3.05, 3.63) is 58.5 Å². The van der Waals surface area contributed by atoms with E-state index in [1.54, 1.807) is 6.26 Å². The molecule has 1 unspecified atom stereocenters. The molecule has 0 radical (unpaired) electrons. The molecule has 0 fully saturated rings. The van der Waals surface area contributed by atoms with Gasteiger partial charge in [-0.15, -0.1) is 0 Å². The van der Waals surface area contributed by atoms with Crippen molar-refractivity contribution in [2.45, 2.75) is 31.7 Å². The minimum atomic E-state index is -1.17. The van der Waals surface area contributed by atoms with Crippen molar-refractivity contribution in [1.82, 2.24) is 9.97 Å². The quantitative estimate of drug-likeness (QED) is 0.605. The van der Waals surface area contributed by atoms with E-state index in [9.17, 15) is 4.21 Å². The Kier molecular flexibility index (Phi) is 5.71. The summed E-state index contributed by atoms with van der Waals surface area (Å²) in [4.78, 5) is 10.2. The lowest BCUT2D eigenvalue weighted by Gasteiger charge is -2.13. The van der Waals surface area contributed by atoms with Crippen LogP contribution in [0, 0.1) is 13.8 Å². The summed E-state index contributed by atoms with van der Waals surface area (Å²) in [6.07, 6.45) is 10.2. The van der Waals surface area contributed by atoms with Crippen molar-refractivity contribution in [3.63, 3.8) is 0 Å². The van der Waals surface area contributed by atoms with E-state index in [1.807, 2.05) is 12.1 Å². The van der Waals surface area contributed by atoms with E-state index >= 15 is 0 Å². The van der Waals surface area contributed by atoms with Gasteiger partial charge in [-0.05, 0) is 55.8 Å². The topological polar surface area (TPSA) is 54.9 Å². The SMILES string of the molecule is Cc1cccc(C)c1-c1cc(S(C)=O)nc(NSC2=CCCC=C2)n1. The summed E-state index contributed by atoms with van der Waals surface area (Å²) in [6, 6.07) is 7.98. The Hall–Kier alpha value is -1.92. The third kappa shape index (κ3) is 4.38. The average molecular weight is 372 g/mol. The van der Waals surface area contributed by atoms with Gasteiger partial charge in [0.25, 0.3) is 0 Å². The number of nitrogens with zero attached hydrogens (tertiary/aromatic N) is 2. The first-order valence-electron chi connectivity index (χ1n) is 8.13. The minimum absolute atomic E-state index is 0.482. The van der Waals surface area contributed by atoms with Crippen molar-refractivity contribution in [3.8, 4) is 11.3 Å². The Morgan fingerprint density at radius 2 is 1.92 bits per heavy atom. The van der Waals surface area contributed by atoms with Crippen molar-refractivity contribution < 1.29 is 4.21 Å². The molecule has 0 aliphatic heterocycles. The lowest BCUT2D eigenvalue weighted by atomic mass is 10.00. The van der Waals surface area contributed by atoms with E-state index in [-0.39, 0.29) is 0 Å². The molecule has 1 aromatic carbocycles. The summed E-state index contributed by atoms with van der Waals surface area (Å²) in [5.41, 5.74) is 4.15. The van der Waals surface area contributed by atoms with Crippen LogP contribution in [-0.4, -0.2) is 20.4 Å². The molecule has 1 atom stereocenters. The number of hydrogen-bond acceptors (Lipinski definition) is 5. The van der Waals surface area contributed by atoms with Crippen LogP contribution >= 0.6 is 11.9 Å². The van der Waals surface area contributed by atoms with Crippen LogP contribution in [0.2, 0.25) is 0 Å². The lowest BCUT2D eigenvalue weighted by molar-refractivity contribution is 0.684. The van der Waals surface area contributed by atoms with Crippen LogP contribution in [0.15, 0.2) is 52.4 Å². The highest BCUT2D eigenvalue weighted by Gasteiger charge is 2.13. The largest absolute Gasteiger partial charge is 0.294 e. The van der Waals surface area contributed by atoms with Gasteiger partial charge < -0.3 is 0 Å². The molecule has 0 saturated carbocycles. The van der Waals surface area contributed by atoms with Crippen LogP contribution in [0.1, 0.15) is 24.0 Å². The van der Waals surface area contributed by atoms with Gasteiger partial charge in [0, 0.05) is 16.7 Å². The second-order valence-corrected chi connectivity index (χ2v) is 8.13. The Labute approximate surface area is 155 Å². The van der Waals surface area contributed by atoms with E-state index < -0.39 is 10.8 Å². The molecule has 25 heavy (non-hydrogen) atoms. The van der Waals surface area contributed by atoms with Crippen LogP contribution in [0.25, 0.3) is 11.3 Å². The summed E-state index contributed by atoms with van der Waals surface area (Å²) in [6.45, 7) is 4.12. The molecule has 130 valence electrons. The molecule has 0 spiro atoms. The third-order valence-corrected chi connectivity index (χ3v) is 5.58. The van der Waals surface area contributed by atoms with Gasteiger partial charge >= 0.3 is 0 Å². The van der Waals surface area contributed by atoms with Gasteiger partial charge in [0.2, 0.25) is 5.95 Å². The first-order chi connectivity index (χ1) is 12.0. The minimum Gasteiger partial charge on any atom is -0.294 e. The number of aryl methyl sites for hydroxylation is 2. The maximum Gasteiger partial charge on any atom is 0.234 e. The monoisotopic (exact) mass is 371 g/mol. The number of hydrogen-bond donors (Lipinski definition) is 1. The molecule has 1 aliphatic carbocycles. The molecular formula is C19H21N3OS2. The normalized spacial score (nSPS) is 14.9. The van der Waals surface area contributed by atoms with Crippen molar-refractivity contribution in [2.75, 3.05) is 11.0 Å². The Morgan fingerprint density at radius 3 is 2.56 bits per heavy atom. The maximum atomic E-state index is 12.0. The number of anilines is 1. The highest BCUT2D eigenvalue weighted by Crippen LogP contribution is 2.29. The Balaban J connectivity index is 1.96. The van der Waals surface area contributed by atoms with E-state index in [4.69, 9.17) is 0 Å². The predicted octanol–water partition coefficient (Wildman–Crippen LogP) is 4.79. The fourth-order valence-electron chi connectivity index (χ4n) is 2.73. The fraction of sp³-hybridized carbons (Fsp3) is 0.263. The average Bonchev–Trinajstić information content (AvgIpc) is 2.60. The molecular weight excluding hydrogens is 350 g/mol. The molecule has 4 nitrogen and oxygen atoms in total. The number of benzene rings is 1. The Morgan fingerprint density at radius 1 is 1.16 bits per heavy atom. The molecule has 0 saturated heterocycles. The van der Waals surface area contributed by atoms with Crippen LogP contribution in [0.3, 0.4) is 0 Å². The highest BCUT2D eigenvalue weighted by atomic mass is 32.2. The zero-order valence-corrected chi connectivity index (χ0v) is 16.2. The molecule has 1 aromatic heterocycles. The molecule has 6 heteroatoms. The van der Waals surface area contributed by atoms with Gasteiger partial charge in [-0.25, -0.2) is 9.97 Å². The summed E-state index contributed by atoms with van der Waals surface area (Å²) in [5.74, 6) is 0.482. The molecule has 0 amide bonds. The third-order valence-electron chi connectivity index (χ3n) is 3.96. The van der Waals surface area contributed by atoms with Crippen LogP contribution < -0.4 is 4.72 Å². The summed E-state index contributed by atoms with van der Waals surface area (Å²) < 4.78 is 15.2. The molecule has 1 aliphatic rings. The van der Waals surface area contributed by atoms with Crippen molar-refractivity contribution in [2.24, 2.45) is 0 Å². The van der Waals surface area contributed by atoms with Gasteiger partial charge in [-0.1, -0.05) is 36.4 Å². The van der Waals surface area contributed by atoms with Gasteiger partial charge in [-0.2, -0.15) is 0 Å². The second kappa shape index (κ2) is 7.97. The first-order valence-corrected chi connectivity index (χ1v) is 10.5. The summed E-state index contributed by atoms with van der Waals surface area (Å²) in [7, 11) is -1.17. The molecule has 2 aromatic rings. The molecule has 1 N–H and O–H groups in total. The van der Waals surface area contributed by atoms with E-state index in [0.717, 1.165) is 40.1 Å². The highest BCUT2D eigenvalue weighted by molar-refractivity contribution is 8.04. The maximum absolute atomic E-state index is 12.0. The fourth-order valence-corrected chi connectivity index (χ4v) is 3.89. The van der Waals surface area contributed by atoms with Gasteiger partial charge in [0.05, 0.1) is 16.5 Å². The number of nitrogens with one attached hydrogen (secondary N) is 1. The molecule has 3 rings (SSSR count). The predicted molar refractivity (Wildman–Crippen MR) is 107 cm³/mol. The van der Waals surface area contributed by atoms with Crippen molar-refractivity contribution >= 4 is 28.7 Å². The number of rotatable bonds is 5. The van der Waals surface area contributed by atoms with Crippen molar-refractivity contribution in [1.29, 1.82) is 0 Å². The zero-order chi connectivity index (χ0) is 17.8. The van der Waals surface area contributed by atoms with E-state index in [1.165, 1.54) is 11.9 Å². The van der Waals surface area contributed by atoms with E-state index in [2.05, 4.69) is 58.9 Å². The molecule has 0 bridgehead atoms. The van der Waals surface area contributed by atoms with Gasteiger partial charge in [0.15, 0.2) is 0 Å². The second-order valence-electron chi connectivity index (χ2n) is 5.93. The smallest absolute Gasteiger partial charge is 0.234 e. The lowest BCUT2D eigenvalue weighted by Crippen LogP contribution is -2.03. The van der Waals surface area contributed by atoms with Gasteiger partial charge in [0.1, 0.15) is 5.03 Å². The first kappa shape index (κ1) is 17.9. The number of allylic oxidation sites excluding steroid dienone is 3.